The zero-order chi connectivity index (χ0) is 10.1. The lowest BCUT2D eigenvalue weighted by Crippen LogP contribution is -1.84. The van der Waals surface area contributed by atoms with Crippen molar-refractivity contribution in [2.45, 2.75) is 0 Å². The Morgan fingerprint density at radius 3 is 2.64 bits per heavy atom. The summed E-state index contributed by atoms with van der Waals surface area (Å²) in [5, 5.41) is 10.6. The molecule has 2 rings (SSSR count). The van der Waals surface area contributed by atoms with Crippen LogP contribution in [0.3, 0.4) is 0 Å². The van der Waals surface area contributed by atoms with E-state index < -0.39 is 5.82 Å². The summed E-state index contributed by atoms with van der Waals surface area (Å²) in [5.74, 6) is -0.604. The summed E-state index contributed by atoms with van der Waals surface area (Å²) in [4.78, 5) is 10.5. The number of hydrogen-bond acceptors (Lipinski definition) is 2. The summed E-state index contributed by atoms with van der Waals surface area (Å²) in [7, 11) is 0. The molecule has 2 aromatic rings. The van der Waals surface area contributed by atoms with Gasteiger partial charge >= 0.3 is 0 Å². The van der Waals surface area contributed by atoms with Crippen molar-refractivity contribution in [3.8, 4) is 5.75 Å². The standard InChI is InChI=1S/C11H7FO2/c12-9-4-3-7-1-2-8(6-13)11(14)10(7)5-9/h1-6,14H. The fourth-order valence-corrected chi connectivity index (χ4v) is 1.39. The fraction of sp³-hybridized carbons (Fsp3) is 0. The summed E-state index contributed by atoms with van der Waals surface area (Å²) >= 11 is 0. The first-order valence-corrected chi connectivity index (χ1v) is 4.09. The second-order valence-electron chi connectivity index (χ2n) is 2.99. The number of carbonyl (C=O) groups is 1. The molecule has 0 aromatic heterocycles. The first kappa shape index (κ1) is 8.69. The third-order valence-corrected chi connectivity index (χ3v) is 2.11. The average Bonchev–Trinajstić information content (AvgIpc) is 2.20. The van der Waals surface area contributed by atoms with Crippen molar-refractivity contribution in [2.24, 2.45) is 0 Å². The van der Waals surface area contributed by atoms with Gasteiger partial charge in [0.1, 0.15) is 11.6 Å². The number of phenols is 1. The van der Waals surface area contributed by atoms with E-state index in [2.05, 4.69) is 0 Å². The van der Waals surface area contributed by atoms with Crippen LogP contribution in [0.5, 0.6) is 5.75 Å². The largest absolute Gasteiger partial charge is 0.507 e. The van der Waals surface area contributed by atoms with Gasteiger partial charge in [0, 0.05) is 5.39 Å². The molecule has 0 saturated carbocycles. The zero-order valence-corrected chi connectivity index (χ0v) is 7.20. The Hall–Kier alpha value is -1.90. The Kier molecular flexibility index (Phi) is 1.93. The van der Waals surface area contributed by atoms with E-state index in [-0.39, 0.29) is 11.3 Å². The molecule has 1 N–H and O–H groups in total. The molecular weight excluding hydrogens is 183 g/mol. The highest BCUT2D eigenvalue weighted by Crippen LogP contribution is 2.28. The molecule has 3 heteroatoms. The van der Waals surface area contributed by atoms with E-state index >= 15 is 0 Å². The second kappa shape index (κ2) is 3.10. The van der Waals surface area contributed by atoms with Gasteiger partial charge in [0.05, 0.1) is 5.56 Å². The van der Waals surface area contributed by atoms with Crippen LogP contribution in [0.15, 0.2) is 30.3 Å². The summed E-state index contributed by atoms with van der Waals surface area (Å²) < 4.78 is 12.9. The molecule has 0 saturated heterocycles. The number of phenolic OH excluding ortho intramolecular Hbond substituents is 1. The molecule has 2 nitrogen and oxygen atoms in total. The SMILES string of the molecule is O=Cc1ccc2ccc(F)cc2c1O. The number of aldehydes is 1. The van der Waals surface area contributed by atoms with Gasteiger partial charge in [0.25, 0.3) is 0 Å². The van der Waals surface area contributed by atoms with Crippen LogP contribution in [0.4, 0.5) is 4.39 Å². The van der Waals surface area contributed by atoms with Crippen molar-refractivity contribution in [3.05, 3.63) is 41.7 Å². The van der Waals surface area contributed by atoms with E-state index in [0.717, 1.165) is 0 Å². The molecule has 0 fully saturated rings. The maximum absolute atomic E-state index is 12.9. The van der Waals surface area contributed by atoms with Crippen LogP contribution in [0.1, 0.15) is 10.4 Å². The Labute approximate surface area is 79.6 Å². The molecule has 0 aliphatic heterocycles. The lowest BCUT2D eigenvalue weighted by atomic mass is 10.1. The van der Waals surface area contributed by atoms with Gasteiger partial charge in [-0.05, 0) is 23.6 Å². The molecule has 0 unspecified atom stereocenters. The van der Waals surface area contributed by atoms with E-state index in [9.17, 15) is 14.3 Å². The molecule has 0 amide bonds. The van der Waals surface area contributed by atoms with Crippen molar-refractivity contribution in [1.29, 1.82) is 0 Å². The van der Waals surface area contributed by atoms with Crippen LogP contribution in [0.25, 0.3) is 10.8 Å². The molecule has 0 heterocycles. The summed E-state index contributed by atoms with van der Waals surface area (Å²) in [5.41, 5.74) is 0.170. The van der Waals surface area contributed by atoms with Crippen LogP contribution in [-0.2, 0) is 0 Å². The van der Waals surface area contributed by atoms with Crippen molar-refractivity contribution < 1.29 is 14.3 Å². The second-order valence-corrected chi connectivity index (χ2v) is 2.99. The van der Waals surface area contributed by atoms with Crippen molar-refractivity contribution in [2.75, 3.05) is 0 Å². The number of aromatic hydroxyl groups is 1. The van der Waals surface area contributed by atoms with Gasteiger partial charge in [-0.25, -0.2) is 4.39 Å². The van der Waals surface area contributed by atoms with Crippen LogP contribution in [-0.4, -0.2) is 11.4 Å². The van der Waals surface area contributed by atoms with Gasteiger partial charge in [-0.3, -0.25) is 4.79 Å². The summed E-state index contributed by atoms with van der Waals surface area (Å²) in [6.45, 7) is 0. The number of hydrogen-bond donors (Lipinski definition) is 1. The smallest absolute Gasteiger partial charge is 0.153 e. The molecule has 14 heavy (non-hydrogen) atoms. The Morgan fingerprint density at radius 2 is 1.93 bits per heavy atom. The molecule has 0 aliphatic carbocycles. The minimum atomic E-state index is -0.434. The number of fused-ring (bicyclic) bond motifs is 1. The van der Waals surface area contributed by atoms with Gasteiger partial charge in [-0.2, -0.15) is 0 Å². The van der Waals surface area contributed by atoms with Crippen molar-refractivity contribution in [3.63, 3.8) is 0 Å². The van der Waals surface area contributed by atoms with E-state index in [1.165, 1.54) is 18.2 Å². The normalized spacial score (nSPS) is 10.4. The third-order valence-electron chi connectivity index (χ3n) is 2.11. The van der Waals surface area contributed by atoms with Crippen LogP contribution < -0.4 is 0 Å². The third kappa shape index (κ3) is 1.23. The predicted octanol–water partition coefficient (Wildman–Crippen LogP) is 2.50. The van der Waals surface area contributed by atoms with Gasteiger partial charge < -0.3 is 5.11 Å². The Balaban J connectivity index is 2.86. The highest BCUT2D eigenvalue weighted by atomic mass is 19.1. The fourth-order valence-electron chi connectivity index (χ4n) is 1.39. The maximum atomic E-state index is 12.9. The van der Waals surface area contributed by atoms with Gasteiger partial charge in [-0.15, -0.1) is 0 Å². The van der Waals surface area contributed by atoms with Crippen LogP contribution in [0.2, 0.25) is 0 Å². The topological polar surface area (TPSA) is 37.3 Å². The molecule has 0 bridgehead atoms. The lowest BCUT2D eigenvalue weighted by molar-refractivity contribution is 0.112. The van der Waals surface area contributed by atoms with Crippen molar-refractivity contribution in [1.82, 2.24) is 0 Å². The zero-order valence-electron chi connectivity index (χ0n) is 7.20. The highest BCUT2D eigenvalue weighted by molar-refractivity contribution is 5.95. The van der Waals surface area contributed by atoms with E-state index in [4.69, 9.17) is 0 Å². The Bertz CT molecular complexity index is 506. The van der Waals surface area contributed by atoms with Gasteiger partial charge in [0.2, 0.25) is 0 Å². The summed E-state index contributed by atoms with van der Waals surface area (Å²) in [6.07, 6.45) is 0.541. The van der Waals surface area contributed by atoms with Crippen LogP contribution >= 0.6 is 0 Å². The molecule has 0 atom stereocenters. The number of rotatable bonds is 1. The minimum Gasteiger partial charge on any atom is -0.507 e. The molecular formula is C11H7FO2. The summed E-state index contributed by atoms with van der Waals surface area (Å²) in [6, 6.07) is 7.24. The quantitative estimate of drug-likeness (QED) is 0.701. The van der Waals surface area contributed by atoms with E-state index in [1.807, 2.05) is 0 Å². The molecule has 0 aliphatic rings. The Morgan fingerprint density at radius 1 is 1.21 bits per heavy atom. The first-order chi connectivity index (χ1) is 6.72. The molecule has 0 radical (unpaired) electrons. The first-order valence-electron chi connectivity index (χ1n) is 4.09. The van der Waals surface area contributed by atoms with Gasteiger partial charge in [0.15, 0.2) is 6.29 Å². The van der Waals surface area contributed by atoms with Gasteiger partial charge in [-0.1, -0.05) is 12.1 Å². The number of carbonyl (C=O) groups excluding carboxylic acids is 1. The van der Waals surface area contributed by atoms with E-state index in [1.54, 1.807) is 12.1 Å². The van der Waals surface area contributed by atoms with Crippen molar-refractivity contribution >= 4 is 17.1 Å². The van der Waals surface area contributed by atoms with Crippen LogP contribution in [0, 0.1) is 5.82 Å². The maximum Gasteiger partial charge on any atom is 0.153 e. The van der Waals surface area contributed by atoms with E-state index in [0.29, 0.717) is 17.1 Å². The average molecular weight is 190 g/mol. The lowest BCUT2D eigenvalue weighted by Gasteiger charge is -2.02. The molecule has 70 valence electrons. The monoisotopic (exact) mass is 190 g/mol. The number of halogens is 1. The molecule has 0 spiro atoms. The minimum absolute atomic E-state index is 0.169. The predicted molar refractivity (Wildman–Crippen MR) is 51.0 cm³/mol. The highest BCUT2D eigenvalue weighted by Gasteiger charge is 2.05. The molecule has 2 aromatic carbocycles. The number of benzene rings is 2.